The highest BCUT2D eigenvalue weighted by Crippen LogP contribution is 2.31. The van der Waals surface area contributed by atoms with Crippen LogP contribution in [0.2, 0.25) is 10.0 Å². The van der Waals surface area contributed by atoms with E-state index in [0.717, 1.165) is 18.2 Å². The quantitative estimate of drug-likeness (QED) is 0.223. The number of benzene rings is 2. The molecule has 0 radical (unpaired) electrons. The Kier molecular flexibility index (Phi) is 7.44. The molecule has 2 aromatic carbocycles. The van der Waals surface area contributed by atoms with Gasteiger partial charge >= 0.3 is 12.3 Å². The third kappa shape index (κ3) is 6.31. The highest BCUT2D eigenvalue weighted by molar-refractivity contribution is 7.80. The maximum Gasteiger partial charge on any atom is 0.340 e. The first kappa shape index (κ1) is 22.9. The average molecular weight is 472 g/mol. The second-order valence-corrected chi connectivity index (χ2v) is 6.70. The van der Waals surface area contributed by atoms with Crippen LogP contribution < -0.4 is 15.4 Å². The second-order valence-electron chi connectivity index (χ2n) is 5.50. The van der Waals surface area contributed by atoms with E-state index in [1.54, 1.807) is 18.2 Å². The fraction of sp³-hybridized carbons (Fsp3) is 0.188. The van der Waals surface area contributed by atoms with Crippen molar-refractivity contribution in [2.45, 2.75) is 12.3 Å². The number of rotatable bonds is 7. The fourth-order valence-electron chi connectivity index (χ4n) is 1.97. The zero-order chi connectivity index (χ0) is 21.8. The van der Waals surface area contributed by atoms with Crippen LogP contribution in [0.25, 0.3) is 0 Å². The van der Waals surface area contributed by atoms with Crippen molar-refractivity contribution in [3.05, 3.63) is 56.6 Å². The number of ether oxygens (including phenoxy) is 1. The van der Waals surface area contributed by atoms with Crippen molar-refractivity contribution < 1.29 is 27.2 Å². The van der Waals surface area contributed by atoms with E-state index in [1.165, 1.54) is 0 Å². The molecule has 0 fully saturated rings. The molecule has 0 aromatic heterocycles. The monoisotopic (exact) mass is 471 g/mol. The SMILES string of the molecule is O=[N+]([O-])c1cc(NC(=S)Nc2cccc(Cl)c2Cl)cc(OCC(F)(F)C(F)F)c1. The average Bonchev–Trinajstić information content (AvgIpc) is 2.63. The van der Waals surface area contributed by atoms with Gasteiger partial charge in [-0.1, -0.05) is 29.3 Å². The van der Waals surface area contributed by atoms with Gasteiger partial charge in [0.1, 0.15) is 5.75 Å². The topological polar surface area (TPSA) is 76.4 Å². The van der Waals surface area contributed by atoms with E-state index in [-0.39, 0.29) is 20.8 Å². The van der Waals surface area contributed by atoms with Crippen LogP contribution in [0, 0.1) is 10.1 Å². The Labute approximate surface area is 176 Å². The number of hydrogen-bond donors (Lipinski definition) is 2. The summed E-state index contributed by atoms with van der Waals surface area (Å²) < 4.78 is 55.2. The Bertz CT molecular complexity index is 934. The van der Waals surface area contributed by atoms with E-state index in [2.05, 4.69) is 15.4 Å². The summed E-state index contributed by atoms with van der Waals surface area (Å²) in [4.78, 5) is 10.2. The minimum absolute atomic E-state index is 0.00906. The number of non-ortho nitro benzene ring substituents is 1. The van der Waals surface area contributed by atoms with E-state index in [9.17, 15) is 27.7 Å². The lowest BCUT2D eigenvalue weighted by Crippen LogP contribution is -2.33. The summed E-state index contributed by atoms with van der Waals surface area (Å²) in [6.45, 7) is -1.66. The summed E-state index contributed by atoms with van der Waals surface area (Å²) in [6.07, 6.45) is -3.95. The molecule has 0 bridgehead atoms. The molecular formula is C16H11Cl2F4N3O3S. The minimum Gasteiger partial charge on any atom is -0.487 e. The molecule has 0 aliphatic rings. The number of nitrogens with one attached hydrogen (secondary N) is 2. The normalized spacial score (nSPS) is 11.3. The lowest BCUT2D eigenvalue weighted by Gasteiger charge is -2.17. The molecule has 0 atom stereocenters. The van der Waals surface area contributed by atoms with Crippen LogP contribution in [0.1, 0.15) is 0 Å². The second kappa shape index (κ2) is 9.42. The summed E-state index contributed by atoms with van der Waals surface area (Å²) >= 11 is 17.0. The predicted octanol–water partition coefficient (Wildman–Crippen LogP) is 5.99. The number of nitro benzene ring substituents is 1. The molecule has 0 aliphatic heterocycles. The summed E-state index contributed by atoms with van der Waals surface area (Å²) in [5.41, 5.74) is -0.200. The van der Waals surface area contributed by atoms with Crippen LogP contribution in [0.3, 0.4) is 0 Å². The molecule has 0 heterocycles. The van der Waals surface area contributed by atoms with Crippen LogP contribution in [0.4, 0.5) is 34.6 Å². The third-order valence-electron chi connectivity index (χ3n) is 3.31. The largest absolute Gasteiger partial charge is 0.487 e. The molecule has 2 rings (SSSR count). The minimum atomic E-state index is -4.42. The number of thiocarbonyl (C=S) groups is 1. The molecular weight excluding hydrogens is 461 g/mol. The Morgan fingerprint density at radius 1 is 1.24 bits per heavy atom. The van der Waals surface area contributed by atoms with Crippen molar-refractivity contribution in [1.29, 1.82) is 0 Å². The molecule has 13 heteroatoms. The van der Waals surface area contributed by atoms with Gasteiger partial charge in [-0.15, -0.1) is 0 Å². The Morgan fingerprint density at radius 2 is 1.93 bits per heavy atom. The first-order valence-electron chi connectivity index (χ1n) is 7.60. The first-order valence-corrected chi connectivity index (χ1v) is 8.76. The number of hydrogen-bond acceptors (Lipinski definition) is 4. The molecule has 29 heavy (non-hydrogen) atoms. The predicted molar refractivity (Wildman–Crippen MR) is 106 cm³/mol. The molecule has 0 aliphatic carbocycles. The van der Waals surface area contributed by atoms with E-state index in [0.29, 0.717) is 5.69 Å². The van der Waals surface area contributed by atoms with Gasteiger partial charge in [0.25, 0.3) is 5.69 Å². The highest BCUT2D eigenvalue weighted by Gasteiger charge is 2.41. The number of anilines is 2. The highest BCUT2D eigenvalue weighted by atomic mass is 35.5. The molecule has 2 N–H and O–H groups in total. The summed E-state index contributed by atoms with van der Waals surface area (Å²) in [5, 5.41) is 16.7. The van der Waals surface area contributed by atoms with E-state index >= 15 is 0 Å². The number of alkyl halides is 4. The van der Waals surface area contributed by atoms with Gasteiger partial charge in [-0.3, -0.25) is 10.1 Å². The smallest absolute Gasteiger partial charge is 0.340 e. The van der Waals surface area contributed by atoms with Gasteiger partial charge in [-0.2, -0.15) is 8.78 Å². The Hall–Kier alpha value is -2.37. The van der Waals surface area contributed by atoms with Gasteiger partial charge in [0, 0.05) is 12.1 Å². The van der Waals surface area contributed by atoms with Gasteiger partial charge in [0.15, 0.2) is 11.7 Å². The number of nitro groups is 1. The van der Waals surface area contributed by atoms with Crippen molar-refractivity contribution >= 4 is 57.6 Å². The number of nitrogens with zero attached hydrogens (tertiary/aromatic N) is 1. The van der Waals surface area contributed by atoms with Crippen LogP contribution in [-0.2, 0) is 0 Å². The molecule has 0 amide bonds. The summed E-state index contributed by atoms with van der Waals surface area (Å²) in [7, 11) is 0. The van der Waals surface area contributed by atoms with Gasteiger partial charge < -0.3 is 15.4 Å². The molecule has 0 saturated heterocycles. The van der Waals surface area contributed by atoms with Crippen molar-refractivity contribution in [3.63, 3.8) is 0 Å². The Morgan fingerprint density at radius 3 is 2.55 bits per heavy atom. The fourth-order valence-corrected chi connectivity index (χ4v) is 2.55. The van der Waals surface area contributed by atoms with Crippen molar-refractivity contribution in [3.8, 4) is 5.75 Å². The number of halogens is 6. The first-order chi connectivity index (χ1) is 13.5. The van der Waals surface area contributed by atoms with Crippen molar-refractivity contribution in [2.75, 3.05) is 17.2 Å². The van der Waals surface area contributed by atoms with Crippen LogP contribution in [0.5, 0.6) is 5.75 Å². The molecule has 0 unspecified atom stereocenters. The molecule has 6 nitrogen and oxygen atoms in total. The Balaban J connectivity index is 2.18. The lowest BCUT2D eigenvalue weighted by atomic mass is 10.2. The zero-order valence-electron chi connectivity index (χ0n) is 14.1. The molecule has 2 aromatic rings. The molecule has 0 saturated carbocycles. The van der Waals surface area contributed by atoms with Crippen LogP contribution in [0.15, 0.2) is 36.4 Å². The summed E-state index contributed by atoms with van der Waals surface area (Å²) in [5.74, 6) is -4.84. The van der Waals surface area contributed by atoms with Gasteiger partial charge in [0.2, 0.25) is 0 Å². The third-order valence-corrected chi connectivity index (χ3v) is 4.33. The van der Waals surface area contributed by atoms with Crippen LogP contribution in [-0.4, -0.2) is 29.0 Å². The lowest BCUT2D eigenvalue weighted by molar-refractivity contribution is -0.384. The van der Waals surface area contributed by atoms with E-state index in [1.807, 2.05) is 0 Å². The van der Waals surface area contributed by atoms with Gasteiger partial charge in [-0.05, 0) is 24.4 Å². The van der Waals surface area contributed by atoms with E-state index < -0.39 is 35.3 Å². The van der Waals surface area contributed by atoms with Gasteiger partial charge in [-0.25, -0.2) is 8.78 Å². The van der Waals surface area contributed by atoms with Crippen molar-refractivity contribution in [1.82, 2.24) is 0 Å². The van der Waals surface area contributed by atoms with Crippen molar-refractivity contribution in [2.24, 2.45) is 0 Å². The molecule has 156 valence electrons. The maximum absolute atomic E-state index is 13.0. The summed E-state index contributed by atoms with van der Waals surface area (Å²) in [6, 6.07) is 7.66. The van der Waals surface area contributed by atoms with E-state index in [4.69, 9.17) is 35.4 Å². The van der Waals surface area contributed by atoms with Crippen LogP contribution >= 0.6 is 35.4 Å². The molecule has 0 spiro atoms. The standard InChI is InChI=1S/C16H11Cl2F4N3O3S/c17-11-2-1-3-12(13(11)18)24-15(29)23-8-4-9(25(26)27)6-10(5-8)28-7-16(21,22)14(19)20/h1-6,14H,7H2,(H2,23,24,29). The zero-order valence-corrected chi connectivity index (χ0v) is 16.4. The maximum atomic E-state index is 13.0. The van der Waals surface area contributed by atoms with Gasteiger partial charge in [0.05, 0.1) is 32.4 Å².